The van der Waals surface area contributed by atoms with Crippen LogP contribution in [0.5, 0.6) is 0 Å². The van der Waals surface area contributed by atoms with Gasteiger partial charge in [0.25, 0.3) is 5.56 Å². The number of fused-ring (bicyclic) bond motifs is 2. The van der Waals surface area contributed by atoms with Gasteiger partial charge in [0, 0.05) is 28.2 Å². The number of rotatable bonds is 5. The van der Waals surface area contributed by atoms with Crippen LogP contribution in [0.1, 0.15) is 18.7 Å². The molecule has 0 fully saturated rings. The molecule has 9 heteroatoms. The molecule has 0 radical (unpaired) electrons. The molecule has 0 aliphatic carbocycles. The topological polar surface area (TPSA) is 92.7 Å². The first kappa shape index (κ1) is 24.9. The Morgan fingerprint density at radius 1 is 0.923 bits per heavy atom. The van der Waals surface area contributed by atoms with Crippen molar-refractivity contribution in [2.45, 2.75) is 17.9 Å². The fourth-order valence-electron chi connectivity index (χ4n) is 4.91. The molecule has 0 aliphatic heterocycles. The molecular weight excluding hydrogens is 530 g/mol. The standard InChI is InChI=1S/C30H22ClN5O2S/c1-17(35-29-25-23(37)14-15-32-28(25)33-16-34-29)27-26(31)22-9-5-8-21(18-10-12-20(39)13-11-18)24(22)30(38)36(27)19-6-3-2-4-7-19/h2-17,39H,1H3,(H2,32,33,34,35,37)/t17-/m0/s1. The Labute approximate surface area is 233 Å². The summed E-state index contributed by atoms with van der Waals surface area (Å²) in [7, 11) is 0. The molecule has 39 heavy (non-hydrogen) atoms. The second-order valence-corrected chi connectivity index (χ2v) is 10.00. The highest BCUT2D eigenvalue weighted by atomic mass is 35.5. The van der Waals surface area contributed by atoms with Gasteiger partial charge in [0.2, 0.25) is 0 Å². The van der Waals surface area contributed by atoms with Gasteiger partial charge in [-0.3, -0.25) is 14.2 Å². The second-order valence-electron chi connectivity index (χ2n) is 9.10. The first-order chi connectivity index (χ1) is 18.9. The van der Waals surface area contributed by atoms with E-state index in [1.807, 2.05) is 79.7 Å². The van der Waals surface area contributed by atoms with E-state index in [4.69, 9.17) is 11.6 Å². The number of nitrogens with zero attached hydrogens (tertiary/aromatic N) is 3. The summed E-state index contributed by atoms with van der Waals surface area (Å²) in [5, 5.41) is 5.21. The van der Waals surface area contributed by atoms with Crippen molar-refractivity contribution < 1.29 is 0 Å². The molecule has 3 aromatic heterocycles. The van der Waals surface area contributed by atoms with Crippen LogP contribution < -0.4 is 16.3 Å². The molecule has 0 saturated heterocycles. The number of nitrogens with one attached hydrogen (secondary N) is 2. The van der Waals surface area contributed by atoms with E-state index in [-0.39, 0.29) is 11.0 Å². The van der Waals surface area contributed by atoms with E-state index < -0.39 is 6.04 Å². The number of anilines is 1. The van der Waals surface area contributed by atoms with E-state index in [1.54, 1.807) is 10.8 Å². The Hall–Kier alpha value is -4.40. The summed E-state index contributed by atoms with van der Waals surface area (Å²) in [6.45, 7) is 1.88. The van der Waals surface area contributed by atoms with Crippen LogP contribution in [0.15, 0.2) is 106 Å². The van der Waals surface area contributed by atoms with Crippen LogP contribution in [0.25, 0.3) is 38.6 Å². The van der Waals surface area contributed by atoms with E-state index in [1.165, 1.54) is 12.4 Å². The lowest BCUT2D eigenvalue weighted by Gasteiger charge is -2.24. The van der Waals surface area contributed by atoms with Crippen LogP contribution in [0, 0.1) is 0 Å². The number of pyridine rings is 2. The van der Waals surface area contributed by atoms with Crippen molar-refractivity contribution in [3.63, 3.8) is 0 Å². The van der Waals surface area contributed by atoms with Gasteiger partial charge in [0.1, 0.15) is 23.2 Å². The first-order valence-electron chi connectivity index (χ1n) is 12.2. The highest BCUT2D eigenvalue weighted by Crippen LogP contribution is 2.36. The summed E-state index contributed by atoms with van der Waals surface area (Å²) in [4.78, 5) is 39.3. The fraction of sp³-hybridized carbons (Fsp3) is 0.0667. The molecule has 192 valence electrons. The first-order valence-corrected chi connectivity index (χ1v) is 13.1. The van der Waals surface area contributed by atoms with E-state index in [0.717, 1.165) is 16.0 Å². The second kappa shape index (κ2) is 10.1. The van der Waals surface area contributed by atoms with Crippen LogP contribution in [0.3, 0.4) is 0 Å². The monoisotopic (exact) mass is 551 g/mol. The summed E-state index contributed by atoms with van der Waals surface area (Å²) < 4.78 is 1.63. The number of benzene rings is 3. The predicted octanol–water partition coefficient (Wildman–Crippen LogP) is 6.40. The normalized spacial score (nSPS) is 12.1. The maximum atomic E-state index is 14.4. The fourth-order valence-corrected chi connectivity index (χ4v) is 5.47. The van der Waals surface area contributed by atoms with Gasteiger partial charge in [0.05, 0.1) is 22.1 Å². The van der Waals surface area contributed by atoms with Gasteiger partial charge < -0.3 is 10.3 Å². The molecule has 2 N–H and O–H groups in total. The Morgan fingerprint density at radius 3 is 2.46 bits per heavy atom. The van der Waals surface area contributed by atoms with Crippen LogP contribution in [0.2, 0.25) is 5.02 Å². The van der Waals surface area contributed by atoms with Gasteiger partial charge in [-0.1, -0.05) is 60.1 Å². The molecule has 0 aliphatic rings. The quantitative estimate of drug-likeness (QED) is 0.215. The molecule has 0 unspecified atom stereocenters. The van der Waals surface area contributed by atoms with Gasteiger partial charge >= 0.3 is 0 Å². The van der Waals surface area contributed by atoms with Crippen molar-refractivity contribution in [2.24, 2.45) is 0 Å². The van der Waals surface area contributed by atoms with Gasteiger partial charge in [-0.2, -0.15) is 0 Å². The molecule has 0 spiro atoms. The minimum absolute atomic E-state index is 0.208. The maximum Gasteiger partial charge on any atom is 0.263 e. The van der Waals surface area contributed by atoms with Crippen LogP contribution >= 0.6 is 24.2 Å². The van der Waals surface area contributed by atoms with Crippen molar-refractivity contribution in [1.29, 1.82) is 0 Å². The number of hydrogen-bond donors (Lipinski definition) is 3. The van der Waals surface area contributed by atoms with Crippen molar-refractivity contribution in [3.05, 3.63) is 123 Å². The average molecular weight is 552 g/mol. The molecule has 6 aromatic rings. The Kier molecular flexibility index (Phi) is 6.42. The maximum absolute atomic E-state index is 14.4. The van der Waals surface area contributed by atoms with Gasteiger partial charge in [-0.15, -0.1) is 12.6 Å². The molecule has 0 bridgehead atoms. The van der Waals surface area contributed by atoms with Crippen LogP contribution in [-0.4, -0.2) is 19.5 Å². The molecule has 0 saturated carbocycles. The van der Waals surface area contributed by atoms with Crippen molar-refractivity contribution in [1.82, 2.24) is 19.5 Å². The summed E-state index contributed by atoms with van der Waals surface area (Å²) in [6, 6.07) is 23.6. The molecular formula is C30H22ClN5O2S. The lowest BCUT2D eigenvalue weighted by Crippen LogP contribution is -2.27. The predicted molar refractivity (Wildman–Crippen MR) is 159 cm³/mol. The Bertz CT molecular complexity index is 1970. The van der Waals surface area contributed by atoms with Gasteiger partial charge in [-0.25, -0.2) is 9.97 Å². The lowest BCUT2D eigenvalue weighted by molar-refractivity contribution is 0.774. The van der Waals surface area contributed by atoms with Gasteiger partial charge in [-0.05, 0) is 42.3 Å². The third-order valence-corrected chi connectivity index (χ3v) is 7.38. The highest BCUT2D eigenvalue weighted by molar-refractivity contribution is 7.80. The Morgan fingerprint density at radius 2 is 1.69 bits per heavy atom. The van der Waals surface area contributed by atoms with E-state index in [2.05, 4.69) is 32.9 Å². The van der Waals surface area contributed by atoms with Crippen LogP contribution in [0.4, 0.5) is 5.82 Å². The number of halogens is 1. The number of H-pyrrole nitrogens is 1. The zero-order valence-electron chi connectivity index (χ0n) is 20.7. The smallest absolute Gasteiger partial charge is 0.263 e. The zero-order valence-corrected chi connectivity index (χ0v) is 22.4. The number of hydrogen-bond acceptors (Lipinski definition) is 6. The average Bonchev–Trinajstić information content (AvgIpc) is 2.95. The number of aromatic amines is 1. The molecule has 3 heterocycles. The summed E-state index contributed by atoms with van der Waals surface area (Å²) in [6.07, 6.45) is 2.92. The number of thiol groups is 1. The zero-order chi connectivity index (χ0) is 27.1. The van der Waals surface area contributed by atoms with Crippen molar-refractivity contribution in [3.8, 4) is 16.8 Å². The third kappa shape index (κ3) is 4.37. The Balaban J connectivity index is 1.62. The van der Waals surface area contributed by atoms with E-state index >= 15 is 0 Å². The van der Waals surface area contributed by atoms with E-state index in [9.17, 15) is 9.59 Å². The number of aromatic nitrogens is 4. The third-order valence-electron chi connectivity index (χ3n) is 6.69. The van der Waals surface area contributed by atoms with E-state index in [0.29, 0.717) is 44.0 Å². The van der Waals surface area contributed by atoms with Crippen molar-refractivity contribution >= 4 is 51.9 Å². The molecule has 3 aromatic carbocycles. The largest absolute Gasteiger partial charge is 0.361 e. The SMILES string of the molecule is C[C@H](Nc1ncnc2[nH]ccc(=O)c12)c1c(Cl)c2cccc(-c3ccc(S)cc3)c2c(=O)n1-c1ccccc1. The molecule has 6 rings (SSSR count). The summed E-state index contributed by atoms with van der Waals surface area (Å²) in [5.41, 5.74) is 2.85. The minimum atomic E-state index is -0.514. The summed E-state index contributed by atoms with van der Waals surface area (Å²) >= 11 is 11.6. The highest BCUT2D eigenvalue weighted by Gasteiger charge is 2.24. The van der Waals surface area contributed by atoms with Gasteiger partial charge in [0.15, 0.2) is 5.43 Å². The number of para-hydroxylation sites is 1. The molecule has 0 amide bonds. The molecule has 1 atom stereocenters. The molecule has 7 nitrogen and oxygen atoms in total. The van der Waals surface area contributed by atoms with Crippen LogP contribution in [-0.2, 0) is 0 Å². The minimum Gasteiger partial charge on any atom is -0.361 e. The van der Waals surface area contributed by atoms with Crippen molar-refractivity contribution in [2.75, 3.05) is 5.32 Å². The summed E-state index contributed by atoms with van der Waals surface area (Å²) in [5.74, 6) is 0.346. The lowest BCUT2D eigenvalue weighted by atomic mass is 9.97.